The van der Waals surface area contributed by atoms with E-state index in [0.29, 0.717) is 10.2 Å². The fourth-order valence-corrected chi connectivity index (χ4v) is 2.14. The minimum atomic E-state index is -2.75. The molecule has 0 amide bonds. The fraction of sp³-hybridized carbons (Fsp3) is 0.286. The molecule has 0 radical (unpaired) electrons. The summed E-state index contributed by atoms with van der Waals surface area (Å²) < 4.78 is 41.1. The maximum atomic E-state index is 13.7. The van der Waals surface area contributed by atoms with E-state index in [1.807, 2.05) is 0 Å². The maximum absolute atomic E-state index is 13.7. The summed E-state index contributed by atoms with van der Waals surface area (Å²) >= 11 is 0. The second-order valence-electron chi connectivity index (χ2n) is 5.07. The van der Waals surface area contributed by atoms with Crippen molar-refractivity contribution >= 4 is 11.0 Å². The van der Waals surface area contributed by atoms with Gasteiger partial charge in [0, 0.05) is 5.56 Å². The average molecular weight is 323 g/mol. The van der Waals surface area contributed by atoms with Gasteiger partial charge in [-0.05, 0) is 13.0 Å². The van der Waals surface area contributed by atoms with Crippen LogP contribution in [-0.4, -0.2) is 31.2 Å². The van der Waals surface area contributed by atoms with Crippen LogP contribution in [0.25, 0.3) is 11.0 Å². The molecule has 0 aliphatic heterocycles. The van der Waals surface area contributed by atoms with Gasteiger partial charge >= 0.3 is 0 Å². The van der Waals surface area contributed by atoms with Crippen molar-refractivity contribution in [3.05, 3.63) is 52.2 Å². The van der Waals surface area contributed by atoms with Crippen molar-refractivity contribution in [1.29, 1.82) is 0 Å². The number of hydrogen-bond acceptors (Lipinski definition) is 4. The highest BCUT2D eigenvalue weighted by Crippen LogP contribution is 2.14. The minimum absolute atomic E-state index is 0.0798. The number of benzene rings is 1. The van der Waals surface area contributed by atoms with Crippen LogP contribution in [0.15, 0.2) is 35.3 Å². The van der Waals surface area contributed by atoms with Gasteiger partial charge in [-0.1, -0.05) is 23.4 Å². The molecule has 3 rings (SSSR count). The van der Waals surface area contributed by atoms with Crippen LogP contribution in [0.5, 0.6) is 0 Å². The van der Waals surface area contributed by atoms with Crippen LogP contribution in [0.2, 0.25) is 0 Å². The van der Waals surface area contributed by atoms with E-state index in [9.17, 15) is 18.0 Å². The number of rotatable bonds is 4. The molecule has 23 heavy (non-hydrogen) atoms. The number of halogens is 3. The summed E-state index contributed by atoms with van der Waals surface area (Å²) in [4.78, 5) is 12.2. The molecule has 0 unspecified atom stereocenters. The van der Waals surface area contributed by atoms with Gasteiger partial charge in [0.25, 0.3) is 12.0 Å². The molecular weight excluding hydrogens is 311 g/mol. The van der Waals surface area contributed by atoms with E-state index in [2.05, 4.69) is 15.4 Å². The van der Waals surface area contributed by atoms with Crippen LogP contribution < -0.4 is 5.56 Å². The molecule has 0 N–H and O–H groups in total. The Kier molecular flexibility index (Phi) is 3.85. The lowest BCUT2D eigenvalue weighted by Crippen LogP contribution is -2.30. The molecule has 120 valence electrons. The van der Waals surface area contributed by atoms with Crippen LogP contribution >= 0.6 is 0 Å². The number of fused-ring (bicyclic) bond motifs is 1. The lowest BCUT2D eigenvalue weighted by atomic mass is 10.2. The lowest BCUT2D eigenvalue weighted by Gasteiger charge is -2.10. The molecule has 0 fully saturated rings. The smallest absolute Gasteiger partial charge is 0.265 e. The summed E-state index contributed by atoms with van der Waals surface area (Å²) in [5, 5.41) is 11.3. The average Bonchev–Trinajstić information content (AvgIpc) is 2.93. The van der Waals surface area contributed by atoms with E-state index in [1.165, 1.54) is 23.9 Å². The number of hydrogen-bond donors (Lipinski definition) is 0. The molecule has 3 aromatic rings. The van der Waals surface area contributed by atoms with Gasteiger partial charge in [-0.3, -0.25) is 9.48 Å². The molecule has 0 bridgehead atoms. The van der Waals surface area contributed by atoms with Gasteiger partial charge in [0.15, 0.2) is 5.52 Å². The Hall–Kier alpha value is -2.71. The summed E-state index contributed by atoms with van der Waals surface area (Å²) in [7, 11) is 0. The topological polar surface area (TPSA) is 65.6 Å². The van der Waals surface area contributed by atoms with Gasteiger partial charge in [-0.25, -0.2) is 17.9 Å². The van der Waals surface area contributed by atoms with Crippen molar-refractivity contribution in [2.45, 2.75) is 25.9 Å². The zero-order chi connectivity index (χ0) is 16.6. The van der Waals surface area contributed by atoms with Crippen LogP contribution in [0.3, 0.4) is 0 Å². The normalized spacial score (nSPS) is 12.9. The summed E-state index contributed by atoms with van der Waals surface area (Å²) in [6.45, 7) is 1.26. The number of aromatic nitrogens is 5. The predicted molar refractivity (Wildman–Crippen MR) is 75.8 cm³/mol. The highest BCUT2D eigenvalue weighted by atomic mass is 19.3. The molecule has 0 spiro atoms. The highest BCUT2D eigenvalue weighted by molar-refractivity contribution is 5.71. The van der Waals surface area contributed by atoms with E-state index >= 15 is 0 Å². The van der Waals surface area contributed by atoms with Crippen molar-refractivity contribution in [2.24, 2.45) is 0 Å². The fourth-order valence-electron chi connectivity index (χ4n) is 2.14. The Bertz CT molecular complexity index is 905. The standard InChI is InChI=1S/C14H12F3N5O/c1-8(13(16)17)22-14(23)12-11(18-20-22)7-21(19-12)6-9-4-2-3-5-10(9)15/h2-5,7-8,13H,6H2,1H3/t8-/m0/s1. The number of nitrogens with zero attached hydrogens (tertiary/aromatic N) is 5. The third kappa shape index (κ3) is 2.81. The van der Waals surface area contributed by atoms with Gasteiger partial charge < -0.3 is 0 Å². The van der Waals surface area contributed by atoms with Crippen molar-refractivity contribution in [2.75, 3.05) is 0 Å². The minimum Gasteiger partial charge on any atom is -0.265 e. The van der Waals surface area contributed by atoms with Crippen LogP contribution in [0.4, 0.5) is 13.2 Å². The predicted octanol–water partition coefficient (Wildman–Crippen LogP) is 2.00. The van der Waals surface area contributed by atoms with E-state index in [4.69, 9.17) is 0 Å². The van der Waals surface area contributed by atoms with Gasteiger partial charge in [0.05, 0.1) is 12.7 Å². The first-order valence-corrected chi connectivity index (χ1v) is 6.81. The molecule has 9 heteroatoms. The van der Waals surface area contributed by atoms with Gasteiger partial charge in [-0.15, -0.1) is 5.10 Å². The summed E-state index contributed by atoms with van der Waals surface area (Å²) in [5.74, 6) is -0.401. The van der Waals surface area contributed by atoms with Gasteiger partial charge in [0.2, 0.25) is 0 Å². The SMILES string of the molecule is C[C@@H](C(F)F)n1nnc2cn(Cc3ccccc3F)nc2c1=O. The molecule has 2 heterocycles. The molecular formula is C14H12F3N5O. The third-order valence-corrected chi connectivity index (χ3v) is 3.44. The quantitative estimate of drug-likeness (QED) is 0.736. The molecule has 0 saturated carbocycles. The van der Waals surface area contributed by atoms with Crippen molar-refractivity contribution in [3.8, 4) is 0 Å². The Balaban J connectivity index is 2.01. The van der Waals surface area contributed by atoms with Crippen LogP contribution in [0.1, 0.15) is 18.5 Å². The third-order valence-electron chi connectivity index (χ3n) is 3.44. The zero-order valence-corrected chi connectivity index (χ0v) is 12.0. The Morgan fingerprint density at radius 1 is 1.26 bits per heavy atom. The first kappa shape index (κ1) is 15.2. The number of alkyl halides is 2. The maximum Gasteiger partial charge on any atom is 0.298 e. The first-order valence-electron chi connectivity index (χ1n) is 6.81. The Labute approximate surface area is 128 Å². The van der Waals surface area contributed by atoms with Gasteiger partial charge in [-0.2, -0.15) is 5.10 Å². The second-order valence-corrected chi connectivity index (χ2v) is 5.07. The zero-order valence-electron chi connectivity index (χ0n) is 12.0. The first-order chi connectivity index (χ1) is 11.0. The molecule has 1 aromatic carbocycles. The lowest BCUT2D eigenvalue weighted by molar-refractivity contribution is 0.0817. The van der Waals surface area contributed by atoms with Crippen LogP contribution in [-0.2, 0) is 6.54 Å². The highest BCUT2D eigenvalue weighted by Gasteiger charge is 2.21. The van der Waals surface area contributed by atoms with E-state index in [0.717, 1.165) is 0 Å². The summed E-state index contributed by atoms with van der Waals surface area (Å²) in [6, 6.07) is 4.74. The van der Waals surface area contributed by atoms with E-state index in [1.54, 1.807) is 18.2 Å². The van der Waals surface area contributed by atoms with Gasteiger partial charge in [0.1, 0.15) is 17.4 Å². The van der Waals surface area contributed by atoms with Crippen molar-refractivity contribution in [3.63, 3.8) is 0 Å². The molecule has 1 atom stereocenters. The molecule has 6 nitrogen and oxygen atoms in total. The molecule has 2 aromatic heterocycles. The van der Waals surface area contributed by atoms with E-state index < -0.39 is 23.8 Å². The molecule has 0 aliphatic carbocycles. The van der Waals surface area contributed by atoms with Crippen molar-refractivity contribution in [1.82, 2.24) is 24.8 Å². The van der Waals surface area contributed by atoms with E-state index in [-0.39, 0.29) is 17.6 Å². The summed E-state index contributed by atoms with van der Waals surface area (Å²) in [5.41, 5.74) is -0.280. The monoisotopic (exact) mass is 323 g/mol. The Morgan fingerprint density at radius 2 is 2.00 bits per heavy atom. The molecule has 0 saturated heterocycles. The largest absolute Gasteiger partial charge is 0.298 e. The Morgan fingerprint density at radius 3 is 2.70 bits per heavy atom. The van der Waals surface area contributed by atoms with Crippen LogP contribution in [0, 0.1) is 5.82 Å². The molecule has 0 aliphatic rings. The second kappa shape index (κ2) is 5.82. The van der Waals surface area contributed by atoms with Crippen molar-refractivity contribution < 1.29 is 13.2 Å². The summed E-state index contributed by atoms with van der Waals surface area (Å²) in [6.07, 6.45) is -1.33.